The molecule has 1 saturated heterocycles. The van der Waals surface area contributed by atoms with Crippen LogP contribution in [-0.4, -0.2) is 30.7 Å². The summed E-state index contributed by atoms with van der Waals surface area (Å²) < 4.78 is 13.5. The van der Waals surface area contributed by atoms with Gasteiger partial charge in [0.05, 0.1) is 0 Å². The van der Waals surface area contributed by atoms with E-state index in [1.807, 2.05) is 24.3 Å². The third-order valence-electron chi connectivity index (χ3n) is 2.75. The predicted octanol–water partition coefficient (Wildman–Crippen LogP) is 2.33. The Morgan fingerprint density at radius 1 is 1.17 bits per heavy atom. The fraction of sp³-hybridized carbons (Fsp3) is 0.333. The molecule has 2 aromatic rings. The topological polar surface area (TPSA) is 25.1 Å². The van der Waals surface area contributed by atoms with Crippen molar-refractivity contribution in [2.24, 2.45) is 0 Å². The zero-order valence-corrected chi connectivity index (χ0v) is 12.0. The Balaban J connectivity index is 1.96. The van der Waals surface area contributed by atoms with E-state index in [2.05, 4.69) is 8.95 Å². The van der Waals surface area contributed by atoms with Crippen LogP contribution in [-0.2, 0) is 4.74 Å². The lowest BCUT2D eigenvalue weighted by molar-refractivity contribution is 0.0976. The van der Waals surface area contributed by atoms with E-state index in [1.54, 1.807) is 22.9 Å². The molecule has 0 bridgehead atoms. The van der Waals surface area contributed by atoms with Crippen molar-refractivity contribution < 1.29 is 4.74 Å². The average molecular weight is 300 g/mol. The average Bonchev–Trinajstić information content (AvgIpc) is 2.90. The molecule has 1 fully saturated rings. The number of rotatable bonds is 1. The molecular formula is C12H12ClN2OS2+. The van der Waals surface area contributed by atoms with Crippen LogP contribution in [0.15, 0.2) is 24.3 Å². The minimum absolute atomic E-state index is 0.757. The standard InChI is InChI=1S/C12H12ClN2OS2/c13-10-3-1-9(2-4-10)11-14-18-12(17-11)15-5-7-16-8-6-15/h1-4H,5-8H2/q+1. The van der Waals surface area contributed by atoms with Gasteiger partial charge in [0, 0.05) is 22.1 Å². The Bertz CT molecular complexity index is 595. The maximum atomic E-state index is 5.89. The zero-order chi connectivity index (χ0) is 12.4. The molecular weight excluding hydrogens is 288 g/mol. The first kappa shape index (κ1) is 12.3. The smallest absolute Gasteiger partial charge is 0.333 e. The summed E-state index contributed by atoms with van der Waals surface area (Å²) in [6, 6.07) is 7.82. The number of hydrogen-bond donors (Lipinski definition) is 0. The molecule has 1 aromatic carbocycles. The summed E-state index contributed by atoms with van der Waals surface area (Å²) in [6.07, 6.45) is 0. The van der Waals surface area contributed by atoms with Crippen LogP contribution in [0.3, 0.4) is 0 Å². The van der Waals surface area contributed by atoms with E-state index < -0.39 is 0 Å². The normalized spacial score (nSPS) is 15.9. The van der Waals surface area contributed by atoms with E-state index in [-0.39, 0.29) is 0 Å². The van der Waals surface area contributed by atoms with E-state index in [0.717, 1.165) is 41.9 Å². The van der Waals surface area contributed by atoms with Gasteiger partial charge in [0.15, 0.2) is 13.1 Å². The molecule has 0 radical (unpaired) electrons. The molecule has 3 nitrogen and oxygen atoms in total. The van der Waals surface area contributed by atoms with Crippen molar-refractivity contribution in [1.82, 2.24) is 8.95 Å². The van der Waals surface area contributed by atoms with Crippen molar-refractivity contribution in [2.45, 2.75) is 0 Å². The van der Waals surface area contributed by atoms with Gasteiger partial charge < -0.3 is 4.74 Å². The number of aromatic nitrogens is 1. The van der Waals surface area contributed by atoms with Crippen molar-refractivity contribution in [3.8, 4) is 10.6 Å². The van der Waals surface area contributed by atoms with Gasteiger partial charge in [-0.2, -0.15) is 4.37 Å². The van der Waals surface area contributed by atoms with E-state index >= 15 is 0 Å². The molecule has 94 valence electrons. The molecule has 2 heterocycles. The van der Waals surface area contributed by atoms with Crippen LogP contribution in [0.25, 0.3) is 10.6 Å². The number of nitrogens with zero attached hydrogens (tertiary/aromatic N) is 2. The lowest BCUT2D eigenvalue weighted by Gasteiger charge is -2.08. The van der Waals surface area contributed by atoms with Crippen LogP contribution in [0.2, 0.25) is 5.02 Å². The molecule has 1 aliphatic rings. The Hall–Kier alpha value is -0.750. The second-order valence-corrected chi connectivity index (χ2v) is 6.39. The van der Waals surface area contributed by atoms with Crippen molar-refractivity contribution in [2.75, 3.05) is 26.3 Å². The van der Waals surface area contributed by atoms with Gasteiger partial charge in [-0.15, -0.1) is 0 Å². The molecule has 0 saturated carbocycles. The third kappa shape index (κ3) is 2.64. The Morgan fingerprint density at radius 2 is 1.89 bits per heavy atom. The lowest BCUT2D eigenvalue weighted by atomic mass is 10.2. The molecule has 1 aliphatic heterocycles. The van der Waals surface area contributed by atoms with Crippen molar-refractivity contribution >= 4 is 34.5 Å². The summed E-state index contributed by atoms with van der Waals surface area (Å²) in [5.74, 6) is 0. The van der Waals surface area contributed by atoms with Gasteiger partial charge in [0.2, 0.25) is 0 Å². The number of morpholine rings is 1. The molecule has 1 aromatic heterocycles. The molecule has 0 aliphatic carbocycles. The molecule has 0 amide bonds. The Morgan fingerprint density at radius 3 is 2.61 bits per heavy atom. The zero-order valence-electron chi connectivity index (χ0n) is 9.63. The maximum absolute atomic E-state index is 5.89. The van der Waals surface area contributed by atoms with Gasteiger partial charge >= 0.3 is 3.98 Å². The van der Waals surface area contributed by atoms with Crippen LogP contribution in [0.5, 0.6) is 0 Å². The molecule has 18 heavy (non-hydrogen) atoms. The largest absolute Gasteiger partial charge is 0.368 e. The summed E-state index contributed by atoms with van der Waals surface area (Å²) in [6.45, 7) is 3.53. The first-order chi connectivity index (χ1) is 8.83. The highest BCUT2D eigenvalue weighted by molar-refractivity contribution is 7.25. The van der Waals surface area contributed by atoms with Gasteiger partial charge in [-0.1, -0.05) is 23.7 Å². The van der Waals surface area contributed by atoms with Crippen LogP contribution in [0.1, 0.15) is 0 Å². The molecule has 0 N–H and O–H groups in total. The van der Waals surface area contributed by atoms with E-state index in [9.17, 15) is 0 Å². The number of ether oxygens (including phenoxy) is 1. The van der Waals surface area contributed by atoms with Gasteiger partial charge in [0.25, 0.3) is 0 Å². The number of hydrogen-bond acceptors (Lipinski definition) is 4. The highest BCUT2D eigenvalue weighted by Gasteiger charge is 2.15. The van der Waals surface area contributed by atoms with Gasteiger partial charge in [0.1, 0.15) is 18.2 Å². The highest BCUT2D eigenvalue weighted by atomic mass is 35.5. The fourth-order valence-electron chi connectivity index (χ4n) is 1.77. The summed E-state index contributed by atoms with van der Waals surface area (Å²) in [5.41, 5.74) is 1.13. The van der Waals surface area contributed by atoms with Gasteiger partial charge in [-0.25, -0.2) is 4.58 Å². The third-order valence-corrected chi connectivity index (χ3v) is 5.23. The fourth-order valence-corrected chi connectivity index (χ4v) is 3.95. The predicted molar refractivity (Wildman–Crippen MR) is 76.3 cm³/mol. The van der Waals surface area contributed by atoms with E-state index in [0.29, 0.717) is 0 Å². The minimum atomic E-state index is 0.757. The summed E-state index contributed by atoms with van der Waals surface area (Å²) in [7, 11) is 0. The van der Waals surface area contributed by atoms with Crippen molar-refractivity contribution in [1.29, 1.82) is 0 Å². The maximum Gasteiger partial charge on any atom is 0.333 e. The SMILES string of the molecule is Clc1ccc(-c2nsc(=[N+]3CCOCC3)s2)cc1. The molecule has 0 unspecified atom stereocenters. The number of halogens is 1. The second kappa shape index (κ2) is 5.48. The van der Waals surface area contributed by atoms with Crippen LogP contribution < -0.4 is 8.56 Å². The molecule has 0 atom stereocenters. The summed E-state index contributed by atoms with van der Waals surface area (Å²) >= 11 is 9.18. The van der Waals surface area contributed by atoms with Crippen LogP contribution in [0.4, 0.5) is 0 Å². The first-order valence-corrected chi connectivity index (χ1v) is 7.68. The highest BCUT2D eigenvalue weighted by Crippen LogP contribution is 2.22. The minimum Gasteiger partial charge on any atom is -0.368 e. The monoisotopic (exact) mass is 299 g/mol. The Labute approximate surface area is 118 Å². The Kier molecular flexibility index (Phi) is 3.75. The van der Waals surface area contributed by atoms with Crippen LogP contribution in [0, 0.1) is 0 Å². The summed E-state index contributed by atoms with van der Waals surface area (Å²) in [4.78, 5) is 0. The first-order valence-electron chi connectivity index (χ1n) is 5.71. The van der Waals surface area contributed by atoms with Crippen molar-refractivity contribution in [3.05, 3.63) is 33.3 Å². The molecule has 3 rings (SSSR count). The molecule has 0 spiro atoms. The quantitative estimate of drug-likeness (QED) is 0.755. The number of benzene rings is 1. The van der Waals surface area contributed by atoms with Crippen molar-refractivity contribution in [3.63, 3.8) is 0 Å². The van der Waals surface area contributed by atoms with Gasteiger partial charge in [-0.05, 0) is 23.5 Å². The molecule has 6 heteroatoms. The summed E-state index contributed by atoms with van der Waals surface area (Å²) in [5, 5.41) is 1.81. The van der Waals surface area contributed by atoms with E-state index in [1.165, 1.54) is 3.98 Å². The van der Waals surface area contributed by atoms with Gasteiger partial charge in [-0.3, -0.25) is 0 Å². The van der Waals surface area contributed by atoms with E-state index in [4.69, 9.17) is 16.3 Å². The lowest BCUT2D eigenvalue weighted by Crippen LogP contribution is -2.37. The second-order valence-electron chi connectivity index (χ2n) is 3.96. The van der Waals surface area contributed by atoms with Crippen LogP contribution >= 0.6 is 34.5 Å².